The second-order valence-corrected chi connectivity index (χ2v) is 4.52. The van der Waals surface area contributed by atoms with Crippen LogP contribution in [0.5, 0.6) is 5.75 Å². The summed E-state index contributed by atoms with van der Waals surface area (Å²) >= 11 is 6.02. The standard InChI is InChI=1S/C12H18ClN3O2/c1-7-4-10(11(18-3)5-9(7)13)15-6-8(2)12(14)16-17/h4-5,8,15,17H,6H2,1-3H3,(H2,14,16). The third-order valence-corrected chi connectivity index (χ3v) is 3.11. The van der Waals surface area contributed by atoms with Gasteiger partial charge >= 0.3 is 0 Å². The molecule has 5 nitrogen and oxygen atoms in total. The molecule has 1 aromatic carbocycles. The lowest BCUT2D eigenvalue weighted by Crippen LogP contribution is -2.27. The minimum atomic E-state index is -0.0873. The molecular weight excluding hydrogens is 254 g/mol. The number of nitrogens with one attached hydrogen (secondary N) is 1. The molecule has 1 rings (SSSR count). The first-order valence-electron chi connectivity index (χ1n) is 5.55. The Kier molecular flexibility index (Phi) is 5.09. The summed E-state index contributed by atoms with van der Waals surface area (Å²) < 4.78 is 5.24. The zero-order valence-electron chi connectivity index (χ0n) is 10.7. The smallest absolute Gasteiger partial charge is 0.143 e. The van der Waals surface area contributed by atoms with Crippen LogP contribution in [0.4, 0.5) is 5.69 Å². The van der Waals surface area contributed by atoms with Gasteiger partial charge in [-0.05, 0) is 18.6 Å². The van der Waals surface area contributed by atoms with Crippen LogP contribution in [0.2, 0.25) is 5.02 Å². The van der Waals surface area contributed by atoms with E-state index in [2.05, 4.69) is 10.5 Å². The van der Waals surface area contributed by atoms with Gasteiger partial charge < -0.3 is 21.0 Å². The van der Waals surface area contributed by atoms with Crippen LogP contribution in [-0.2, 0) is 0 Å². The number of benzene rings is 1. The average Bonchev–Trinajstić information content (AvgIpc) is 2.38. The van der Waals surface area contributed by atoms with E-state index in [0.717, 1.165) is 11.3 Å². The van der Waals surface area contributed by atoms with Crippen molar-refractivity contribution >= 4 is 23.1 Å². The highest BCUT2D eigenvalue weighted by atomic mass is 35.5. The van der Waals surface area contributed by atoms with Crippen LogP contribution in [0.15, 0.2) is 17.3 Å². The number of aryl methyl sites for hydroxylation is 1. The average molecular weight is 272 g/mol. The molecule has 0 aliphatic carbocycles. The van der Waals surface area contributed by atoms with Crippen molar-refractivity contribution in [3.8, 4) is 5.75 Å². The van der Waals surface area contributed by atoms with Gasteiger partial charge in [-0.2, -0.15) is 0 Å². The lowest BCUT2D eigenvalue weighted by molar-refractivity contribution is 0.315. The van der Waals surface area contributed by atoms with Crippen LogP contribution >= 0.6 is 11.6 Å². The molecule has 6 heteroatoms. The fraction of sp³-hybridized carbons (Fsp3) is 0.417. The van der Waals surface area contributed by atoms with E-state index < -0.39 is 0 Å². The number of oxime groups is 1. The highest BCUT2D eigenvalue weighted by Crippen LogP contribution is 2.30. The molecule has 0 saturated heterocycles. The molecule has 1 unspecified atom stereocenters. The minimum Gasteiger partial charge on any atom is -0.495 e. The van der Waals surface area contributed by atoms with Gasteiger partial charge in [0.05, 0.1) is 12.8 Å². The second-order valence-electron chi connectivity index (χ2n) is 4.11. The molecule has 18 heavy (non-hydrogen) atoms. The van der Waals surface area contributed by atoms with Crippen molar-refractivity contribution in [3.05, 3.63) is 22.7 Å². The van der Waals surface area contributed by atoms with E-state index in [4.69, 9.17) is 27.3 Å². The van der Waals surface area contributed by atoms with Gasteiger partial charge in [0.2, 0.25) is 0 Å². The van der Waals surface area contributed by atoms with E-state index in [9.17, 15) is 0 Å². The summed E-state index contributed by atoms with van der Waals surface area (Å²) in [6, 6.07) is 3.66. The van der Waals surface area contributed by atoms with Crippen molar-refractivity contribution in [1.82, 2.24) is 0 Å². The molecule has 1 aromatic rings. The largest absolute Gasteiger partial charge is 0.495 e. The van der Waals surface area contributed by atoms with Crippen molar-refractivity contribution < 1.29 is 9.94 Å². The van der Waals surface area contributed by atoms with E-state index in [-0.39, 0.29) is 11.8 Å². The monoisotopic (exact) mass is 271 g/mol. The molecule has 0 aliphatic rings. The van der Waals surface area contributed by atoms with Crippen molar-refractivity contribution in [1.29, 1.82) is 0 Å². The molecule has 0 heterocycles. The fourth-order valence-electron chi connectivity index (χ4n) is 1.44. The molecule has 0 radical (unpaired) electrons. The van der Waals surface area contributed by atoms with Gasteiger partial charge in [-0.25, -0.2) is 0 Å². The Hall–Kier alpha value is -1.62. The van der Waals surface area contributed by atoms with Crippen molar-refractivity contribution in [2.75, 3.05) is 19.0 Å². The van der Waals surface area contributed by atoms with Gasteiger partial charge in [-0.15, -0.1) is 0 Å². The highest BCUT2D eigenvalue weighted by Gasteiger charge is 2.10. The molecule has 4 N–H and O–H groups in total. The van der Waals surface area contributed by atoms with Gasteiger partial charge in [0.1, 0.15) is 11.6 Å². The van der Waals surface area contributed by atoms with Crippen LogP contribution in [0, 0.1) is 12.8 Å². The number of methoxy groups -OCH3 is 1. The number of hydrogen-bond acceptors (Lipinski definition) is 4. The maximum absolute atomic E-state index is 8.58. The Morgan fingerprint density at radius 2 is 2.28 bits per heavy atom. The van der Waals surface area contributed by atoms with Crippen LogP contribution < -0.4 is 15.8 Å². The molecular formula is C12H18ClN3O2. The summed E-state index contributed by atoms with van der Waals surface area (Å²) in [6.45, 7) is 4.31. The van der Waals surface area contributed by atoms with Crippen molar-refractivity contribution in [3.63, 3.8) is 0 Å². The van der Waals surface area contributed by atoms with Crippen LogP contribution in [0.3, 0.4) is 0 Å². The fourth-order valence-corrected chi connectivity index (χ4v) is 1.59. The first-order valence-corrected chi connectivity index (χ1v) is 5.92. The summed E-state index contributed by atoms with van der Waals surface area (Å²) in [5.41, 5.74) is 7.30. The van der Waals surface area contributed by atoms with Gasteiger partial charge in [0.25, 0.3) is 0 Å². The molecule has 0 aromatic heterocycles. The maximum atomic E-state index is 8.58. The number of nitrogens with two attached hydrogens (primary N) is 1. The molecule has 0 fully saturated rings. The zero-order chi connectivity index (χ0) is 13.7. The highest BCUT2D eigenvalue weighted by molar-refractivity contribution is 6.31. The number of hydrogen-bond donors (Lipinski definition) is 3. The molecule has 0 spiro atoms. The third kappa shape index (κ3) is 3.43. The molecule has 100 valence electrons. The van der Waals surface area contributed by atoms with Gasteiger partial charge in [0, 0.05) is 23.6 Å². The summed E-state index contributed by atoms with van der Waals surface area (Å²) in [4.78, 5) is 0. The third-order valence-electron chi connectivity index (χ3n) is 2.70. The van der Waals surface area contributed by atoms with Crippen molar-refractivity contribution in [2.24, 2.45) is 16.8 Å². The van der Waals surface area contributed by atoms with Gasteiger partial charge in [-0.1, -0.05) is 23.7 Å². The van der Waals surface area contributed by atoms with Gasteiger partial charge in [-0.3, -0.25) is 0 Å². The first-order chi connectivity index (χ1) is 8.49. The van der Waals surface area contributed by atoms with Crippen LogP contribution in [-0.4, -0.2) is 24.7 Å². The number of anilines is 1. The minimum absolute atomic E-state index is 0.0873. The van der Waals surface area contributed by atoms with E-state index in [1.165, 1.54) is 0 Å². The zero-order valence-corrected chi connectivity index (χ0v) is 11.5. The molecule has 1 atom stereocenters. The topological polar surface area (TPSA) is 79.9 Å². The Morgan fingerprint density at radius 3 is 2.83 bits per heavy atom. The number of halogens is 1. The Bertz CT molecular complexity index is 449. The number of ether oxygens (including phenoxy) is 1. The Labute approximate surface area is 112 Å². The van der Waals surface area contributed by atoms with Gasteiger partial charge in [0.15, 0.2) is 0 Å². The van der Waals surface area contributed by atoms with E-state index in [0.29, 0.717) is 17.3 Å². The van der Waals surface area contributed by atoms with Crippen LogP contribution in [0.25, 0.3) is 0 Å². The van der Waals surface area contributed by atoms with E-state index >= 15 is 0 Å². The quantitative estimate of drug-likeness (QED) is 0.333. The molecule has 0 aliphatic heterocycles. The number of amidine groups is 1. The molecule has 0 amide bonds. The predicted molar refractivity (Wildman–Crippen MR) is 73.8 cm³/mol. The summed E-state index contributed by atoms with van der Waals surface area (Å²) in [5.74, 6) is 0.764. The number of nitrogens with zero attached hydrogens (tertiary/aromatic N) is 1. The molecule has 0 saturated carbocycles. The number of rotatable bonds is 5. The predicted octanol–water partition coefficient (Wildman–Crippen LogP) is 2.45. The summed E-state index contributed by atoms with van der Waals surface area (Å²) in [5, 5.41) is 15.4. The second kappa shape index (κ2) is 6.35. The first kappa shape index (κ1) is 14.4. The normalized spacial score (nSPS) is 13.2. The Morgan fingerprint density at radius 1 is 1.61 bits per heavy atom. The Balaban J connectivity index is 2.81. The van der Waals surface area contributed by atoms with Crippen LogP contribution in [0.1, 0.15) is 12.5 Å². The SMILES string of the molecule is COc1cc(Cl)c(C)cc1NCC(C)C(N)=NO. The molecule has 0 bridgehead atoms. The van der Waals surface area contributed by atoms with E-state index in [1.807, 2.05) is 19.9 Å². The van der Waals surface area contributed by atoms with Crippen molar-refractivity contribution in [2.45, 2.75) is 13.8 Å². The van der Waals surface area contributed by atoms with E-state index in [1.54, 1.807) is 13.2 Å². The lowest BCUT2D eigenvalue weighted by atomic mass is 10.1. The summed E-state index contributed by atoms with van der Waals surface area (Å²) in [6.07, 6.45) is 0. The summed E-state index contributed by atoms with van der Waals surface area (Å²) in [7, 11) is 1.58. The maximum Gasteiger partial charge on any atom is 0.143 e. The lowest BCUT2D eigenvalue weighted by Gasteiger charge is -2.15.